The number of nitrogens with two attached hydrogens (primary N) is 1. The van der Waals surface area contributed by atoms with Gasteiger partial charge >= 0.3 is 0 Å². The zero-order chi connectivity index (χ0) is 6.91. The molecule has 0 amide bonds. The Morgan fingerprint density at radius 1 is 1.33 bits per heavy atom. The van der Waals surface area contributed by atoms with Crippen molar-refractivity contribution in [3.05, 3.63) is 24.6 Å². The van der Waals surface area contributed by atoms with Crippen molar-refractivity contribution in [3.63, 3.8) is 0 Å². The minimum atomic E-state index is -1.40. The van der Waals surface area contributed by atoms with Crippen LogP contribution in [-0.2, 0) is 0 Å². The van der Waals surface area contributed by atoms with Crippen LogP contribution < -0.4 is 5.73 Å². The third-order valence-electron chi connectivity index (χ3n) is 0.989. The zero-order valence-corrected chi connectivity index (χ0v) is 4.73. The monoisotopic (exact) mass is 128 g/mol. The summed E-state index contributed by atoms with van der Waals surface area (Å²) < 4.78 is 0. The fraction of sp³-hybridized carbons (Fsp3) is 0.200. The molecule has 0 bridgehead atoms. The van der Waals surface area contributed by atoms with Crippen molar-refractivity contribution in [2.75, 3.05) is 0 Å². The molecule has 4 nitrogen and oxygen atoms in total. The Balaban J connectivity index is 2.70. The molecule has 9 heavy (non-hydrogen) atoms. The summed E-state index contributed by atoms with van der Waals surface area (Å²) in [6.07, 6.45) is 5.07. The van der Waals surface area contributed by atoms with Gasteiger partial charge in [0.05, 0.1) is 0 Å². The molecule has 1 rings (SSSR count). The molecule has 4 heteroatoms. The smallest absolute Gasteiger partial charge is 0.155 e. The highest BCUT2D eigenvalue weighted by Gasteiger charge is 2.15. The first-order valence-corrected chi connectivity index (χ1v) is 2.47. The maximum atomic E-state index is 8.96. The fourth-order valence-corrected chi connectivity index (χ4v) is 0.497. The molecule has 1 aliphatic heterocycles. The molecule has 4 N–H and O–H groups in total. The van der Waals surface area contributed by atoms with Crippen molar-refractivity contribution in [3.8, 4) is 0 Å². The Hall–Kier alpha value is -0.840. The van der Waals surface area contributed by atoms with Gasteiger partial charge in [0.1, 0.15) is 0 Å². The van der Waals surface area contributed by atoms with E-state index in [1.165, 1.54) is 24.6 Å². The van der Waals surface area contributed by atoms with E-state index in [9.17, 15) is 0 Å². The minimum absolute atomic E-state index is 0.807. The van der Waals surface area contributed by atoms with Crippen LogP contribution in [0, 0.1) is 0 Å². The van der Waals surface area contributed by atoms with Gasteiger partial charge in [-0.1, -0.05) is 0 Å². The molecule has 0 aromatic heterocycles. The van der Waals surface area contributed by atoms with Crippen LogP contribution in [0.2, 0.25) is 0 Å². The highest BCUT2D eigenvalue weighted by molar-refractivity contribution is 5.13. The van der Waals surface area contributed by atoms with Gasteiger partial charge in [0.2, 0.25) is 0 Å². The van der Waals surface area contributed by atoms with Crippen molar-refractivity contribution in [1.82, 2.24) is 5.06 Å². The summed E-state index contributed by atoms with van der Waals surface area (Å²) in [4.78, 5) is 0. The van der Waals surface area contributed by atoms with Crippen LogP contribution in [0.5, 0.6) is 0 Å². The van der Waals surface area contributed by atoms with E-state index in [0.717, 1.165) is 5.06 Å². The molecule has 0 spiro atoms. The average molecular weight is 128 g/mol. The summed E-state index contributed by atoms with van der Waals surface area (Å²) in [5, 5.41) is 18.4. The number of nitrogens with zero attached hydrogens (tertiary/aromatic N) is 1. The summed E-state index contributed by atoms with van der Waals surface area (Å²) in [6, 6.07) is 0. The maximum Gasteiger partial charge on any atom is 0.155 e. The fourth-order valence-electron chi connectivity index (χ4n) is 0.497. The van der Waals surface area contributed by atoms with Gasteiger partial charge < -0.3 is 5.11 Å². The summed E-state index contributed by atoms with van der Waals surface area (Å²) in [7, 11) is 0. The summed E-state index contributed by atoms with van der Waals surface area (Å²) >= 11 is 0. The first kappa shape index (κ1) is 6.28. The Kier molecular flexibility index (Phi) is 1.28. The van der Waals surface area contributed by atoms with Gasteiger partial charge in [0.25, 0.3) is 0 Å². The van der Waals surface area contributed by atoms with E-state index in [2.05, 4.69) is 0 Å². The van der Waals surface area contributed by atoms with Crippen LogP contribution in [0.3, 0.4) is 0 Å². The van der Waals surface area contributed by atoms with E-state index < -0.39 is 5.72 Å². The molecule has 0 aliphatic carbocycles. The van der Waals surface area contributed by atoms with E-state index in [1.54, 1.807) is 0 Å². The Labute approximate surface area is 52.5 Å². The Morgan fingerprint density at radius 2 is 1.78 bits per heavy atom. The summed E-state index contributed by atoms with van der Waals surface area (Å²) in [5.74, 6) is 0. The first-order chi connectivity index (χ1) is 4.10. The molecule has 0 aromatic carbocycles. The van der Waals surface area contributed by atoms with Gasteiger partial charge in [-0.15, -0.1) is 0 Å². The number of hydrogen-bond donors (Lipinski definition) is 3. The van der Waals surface area contributed by atoms with Gasteiger partial charge in [-0.05, 0) is 12.2 Å². The van der Waals surface area contributed by atoms with E-state index >= 15 is 0 Å². The predicted molar refractivity (Wildman–Crippen MR) is 31.0 cm³/mol. The van der Waals surface area contributed by atoms with Gasteiger partial charge in [0, 0.05) is 12.4 Å². The second kappa shape index (κ2) is 1.84. The number of hydrogen-bond acceptors (Lipinski definition) is 4. The van der Waals surface area contributed by atoms with Gasteiger partial charge in [-0.3, -0.25) is 10.9 Å². The van der Waals surface area contributed by atoms with Crippen LogP contribution >= 0.6 is 0 Å². The highest BCUT2D eigenvalue weighted by atomic mass is 16.5. The summed E-state index contributed by atoms with van der Waals surface area (Å²) in [5.41, 5.74) is 3.78. The second-order valence-corrected chi connectivity index (χ2v) is 1.90. The van der Waals surface area contributed by atoms with Gasteiger partial charge in [-0.25, -0.2) is 5.06 Å². The Bertz CT molecular complexity index is 146. The molecule has 1 aliphatic rings. The molecule has 0 saturated carbocycles. The maximum absolute atomic E-state index is 8.96. The largest absolute Gasteiger partial charge is 0.369 e. The molecule has 0 atom stereocenters. The van der Waals surface area contributed by atoms with Crippen molar-refractivity contribution in [2.24, 2.45) is 5.73 Å². The average Bonchev–Trinajstić information content (AvgIpc) is 1.78. The number of hydroxylamine groups is 2. The topological polar surface area (TPSA) is 69.7 Å². The number of rotatable bonds is 0. The molecule has 0 radical (unpaired) electrons. The molecular formula is C5H8N2O2. The van der Waals surface area contributed by atoms with E-state index in [0.29, 0.717) is 0 Å². The summed E-state index contributed by atoms with van der Waals surface area (Å²) in [6.45, 7) is 0. The first-order valence-electron chi connectivity index (χ1n) is 2.47. The lowest BCUT2D eigenvalue weighted by Crippen LogP contribution is -2.37. The van der Waals surface area contributed by atoms with Gasteiger partial charge in [0.15, 0.2) is 5.72 Å². The molecule has 1 heterocycles. The van der Waals surface area contributed by atoms with E-state index in [4.69, 9.17) is 16.0 Å². The van der Waals surface area contributed by atoms with Crippen molar-refractivity contribution in [1.29, 1.82) is 0 Å². The van der Waals surface area contributed by atoms with Crippen LogP contribution in [0.25, 0.3) is 0 Å². The third-order valence-corrected chi connectivity index (χ3v) is 0.989. The normalized spacial score (nSPS) is 22.8. The lowest BCUT2D eigenvalue weighted by molar-refractivity contribution is 0.00126. The lowest BCUT2D eigenvalue weighted by Gasteiger charge is -2.19. The molecule has 0 fully saturated rings. The standard InChI is InChI=1S/C5H8N2O2/c6-5(8)1-3-7(9)4-2-5/h1-4,8-9H,6H2. The highest BCUT2D eigenvalue weighted by Crippen LogP contribution is 2.06. The zero-order valence-electron chi connectivity index (χ0n) is 4.73. The second-order valence-electron chi connectivity index (χ2n) is 1.90. The Morgan fingerprint density at radius 3 is 2.11 bits per heavy atom. The van der Waals surface area contributed by atoms with Crippen LogP contribution in [0.4, 0.5) is 0 Å². The lowest BCUT2D eigenvalue weighted by atomic mass is 10.2. The quantitative estimate of drug-likeness (QED) is 0.380. The van der Waals surface area contributed by atoms with Gasteiger partial charge in [-0.2, -0.15) is 0 Å². The SMILES string of the molecule is NC1(O)C=CN(O)C=C1. The molecule has 0 aromatic rings. The molecule has 0 unspecified atom stereocenters. The van der Waals surface area contributed by atoms with Crippen molar-refractivity contribution in [2.45, 2.75) is 5.72 Å². The molecule has 50 valence electrons. The minimum Gasteiger partial charge on any atom is -0.369 e. The van der Waals surface area contributed by atoms with Crippen molar-refractivity contribution < 1.29 is 10.3 Å². The van der Waals surface area contributed by atoms with E-state index in [1.807, 2.05) is 0 Å². The van der Waals surface area contributed by atoms with Crippen LogP contribution in [0.1, 0.15) is 0 Å². The third kappa shape index (κ3) is 1.53. The van der Waals surface area contributed by atoms with Crippen LogP contribution in [0.15, 0.2) is 24.6 Å². The molecule has 0 saturated heterocycles. The number of aliphatic hydroxyl groups is 1. The molecular weight excluding hydrogens is 120 g/mol. The van der Waals surface area contributed by atoms with E-state index in [-0.39, 0.29) is 0 Å². The van der Waals surface area contributed by atoms with Crippen LogP contribution in [-0.4, -0.2) is 21.1 Å². The predicted octanol–water partition coefficient (Wildman–Crippen LogP) is -0.634. The van der Waals surface area contributed by atoms with Crippen molar-refractivity contribution >= 4 is 0 Å².